The van der Waals surface area contributed by atoms with Crippen molar-refractivity contribution in [2.75, 3.05) is 39.8 Å². The van der Waals surface area contributed by atoms with Crippen LogP contribution in [-0.4, -0.2) is 67.7 Å². The first-order valence-corrected chi connectivity index (χ1v) is 14.6. The highest BCUT2D eigenvalue weighted by Crippen LogP contribution is 2.66. The highest BCUT2D eigenvalue weighted by Gasteiger charge is 2.58. The number of allylic oxidation sites excluding steroid dienone is 2. The number of cyclic esters (lactones) is 1. The van der Waals surface area contributed by atoms with E-state index in [1.165, 1.54) is 44.1 Å². The molecule has 2 aliphatic heterocycles. The lowest BCUT2D eigenvalue weighted by atomic mass is 9.45. The third-order valence-corrected chi connectivity index (χ3v) is 11.6. The highest BCUT2D eigenvalue weighted by molar-refractivity contribution is 5.85. The van der Waals surface area contributed by atoms with Crippen molar-refractivity contribution in [3.8, 4) is 0 Å². The lowest BCUT2D eigenvalue weighted by Gasteiger charge is -2.60. The smallest absolute Gasteiger partial charge is 0.331 e. The van der Waals surface area contributed by atoms with Crippen LogP contribution in [-0.2, 0) is 9.53 Å². The number of carbonyl (C=O) groups is 2. The highest BCUT2D eigenvalue weighted by atomic mass is 16.5. The average molecular weight is 496 g/mol. The molecule has 6 aliphatic rings. The first-order valence-electron chi connectivity index (χ1n) is 14.6. The van der Waals surface area contributed by atoms with E-state index in [2.05, 4.69) is 42.1 Å². The number of carbonyl (C=O) groups excluding carboxylic acids is 2. The van der Waals surface area contributed by atoms with Crippen LogP contribution < -0.4 is 5.32 Å². The van der Waals surface area contributed by atoms with Crippen LogP contribution in [0.2, 0.25) is 0 Å². The van der Waals surface area contributed by atoms with Crippen molar-refractivity contribution in [2.24, 2.45) is 34.5 Å². The molecule has 2 amide bonds. The molecule has 0 radical (unpaired) electrons. The number of rotatable bonds is 2. The molecule has 0 aromatic carbocycles. The quantitative estimate of drug-likeness (QED) is 0.443. The molecule has 0 aromatic heterocycles. The third-order valence-electron chi connectivity index (χ3n) is 11.6. The maximum absolute atomic E-state index is 13.3. The van der Waals surface area contributed by atoms with Crippen molar-refractivity contribution < 1.29 is 14.3 Å². The minimum absolute atomic E-state index is 0.156. The van der Waals surface area contributed by atoms with Crippen LogP contribution in [0.15, 0.2) is 23.3 Å². The largest absolute Gasteiger partial charge is 0.458 e. The van der Waals surface area contributed by atoms with E-state index >= 15 is 0 Å². The zero-order valence-corrected chi connectivity index (χ0v) is 22.6. The van der Waals surface area contributed by atoms with Crippen molar-refractivity contribution in [1.29, 1.82) is 0 Å². The molecule has 2 heterocycles. The Kier molecular flexibility index (Phi) is 6.25. The van der Waals surface area contributed by atoms with Gasteiger partial charge in [0.05, 0.1) is 0 Å². The van der Waals surface area contributed by atoms with Gasteiger partial charge in [-0.3, -0.25) is 0 Å². The maximum Gasteiger partial charge on any atom is 0.331 e. The zero-order chi connectivity index (χ0) is 25.1. The second kappa shape index (κ2) is 9.18. The second-order valence-corrected chi connectivity index (χ2v) is 13.1. The summed E-state index contributed by atoms with van der Waals surface area (Å²) in [5.74, 6) is 2.44. The summed E-state index contributed by atoms with van der Waals surface area (Å²) in [6, 6.07) is 0.611. The number of fused-ring (bicyclic) bond motifs is 5. The molecular formula is C30H45N3O3. The van der Waals surface area contributed by atoms with Crippen molar-refractivity contribution in [2.45, 2.75) is 77.7 Å². The van der Waals surface area contributed by atoms with Crippen LogP contribution in [0.4, 0.5) is 4.79 Å². The fraction of sp³-hybridized carbons (Fsp3) is 0.800. The van der Waals surface area contributed by atoms with Crippen LogP contribution in [0.1, 0.15) is 71.6 Å². The first-order chi connectivity index (χ1) is 17.3. The molecule has 3 saturated carbocycles. The second-order valence-electron chi connectivity index (χ2n) is 13.1. The predicted molar refractivity (Wildman–Crippen MR) is 140 cm³/mol. The van der Waals surface area contributed by atoms with Gasteiger partial charge in [-0.25, -0.2) is 9.59 Å². The molecule has 0 spiro atoms. The first kappa shape index (κ1) is 24.5. The van der Waals surface area contributed by atoms with Gasteiger partial charge < -0.3 is 19.9 Å². The summed E-state index contributed by atoms with van der Waals surface area (Å²) >= 11 is 0. The Balaban J connectivity index is 1.14. The lowest BCUT2D eigenvalue weighted by molar-refractivity contribution is -0.135. The zero-order valence-electron chi connectivity index (χ0n) is 22.6. The van der Waals surface area contributed by atoms with Crippen LogP contribution in [0.25, 0.3) is 0 Å². The van der Waals surface area contributed by atoms with Gasteiger partial charge >= 0.3 is 12.0 Å². The number of amides is 2. The number of esters is 1. The average Bonchev–Trinajstić information content (AvgIpc) is 3.33. The third kappa shape index (κ3) is 3.85. The standard InChI is InChI=1S/C30H45N3O3/c1-29-11-9-22(32(3)28(35)33-15-4-13-31-14-16-33)18-21(29)5-6-23-25-8-7-24(20-17-27(34)36-19-20)30(25,2)12-10-26(23)29/h8,17,21-24,26,31H,4-7,9-16,18-19H2,1-3H3/t21-,22+,23+,24-,26+,29+,30-/m1/s1. The SMILES string of the molecule is CN(C(=O)N1CCCNCC1)[C@H]1CC[C@@]2(C)[C@H](CC[C@H]3C4=CC[C@H](C5=CC(=O)OC5)[C@@]4(C)CC[C@@H]32)C1. The molecule has 6 nitrogen and oxygen atoms in total. The molecule has 7 atom stereocenters. The Morgan fingerprint density at radius 2 is 2.00 bits per heavy atom. The van der Waals surface area contributed by atoms with Crippen molar-refractivity contribution in [3.63, 3.8) is 0 Å². The number of nitrogens with one attached hydrogen (secondary N) is 1. The van der Waals surface area contributed by atoms with E-state index in [-0.39, 0.29) is 17.4 Å². The van der Waals surface area contributed by atoms with E-state index in [9.17, 15) is 9.59 Å². The van der Waals surface area contributed by atoms with E-state index in [1.54, 1.807) is 11.6 Å². The number of hydrogen-bond donors (Lipinski definition) is 1. The number of urea groups is 1. The summed E-state index contributed by atoms with van der Waals surface area (Å²) < 4.78 is 5.30. The van der Waals surface area contributed by atoms with E-state index in [0.29, 0.717) is 35.8 Å². The van der Waals surface area contributed by atoms with Gasteiger partial charge in [0, 0.05) is 38.8 Å². The fourth-order valence-corrected chi connectivity index (χ4v) is 9.48. The Hall–Kier alpha value is -1.82. The van der Waals surface area contributed by atoms with Gasteiger partial charge in [0.2, 0.25) is 0 Å². The summed E-state index contributed by atoms with van der Waals surface area (Å²) in [7, 11) is 2.06. The van der Waals surface area contributed by atoms with Crippen molar-refractivity contribution in [3.05, 3.63) is 23.3 Å². The summed E-state index contributed by atoms with van der Waals surface area (Å²) in [4.78, 5) is 29.3. The fourth-order valence-electron chi connectivity index (χ4n) is 9.48. The number of nitrogens with zero attached hydrogens (tertiary/aromatic N) is 2. The lowest BCUT2D eigenvalue weighted by Crippen LogP contribution is -2.55. The maximum atomic E-state index is 13.3. The van der Waals surface area contributed by atoms with Gasteiger partial charge in [0.15, 0.2) is 0 Å². The van der Waals surface area contributed by atoms with Gasteiger partial charge in [0.25, 0.3) is 0 Å². The van der Waals surface area contributed by atoms with E-state index in [4.69, 9.17) is 4.74 Å². The number of ether oxygens (including phenoxy) is 1. The molecule has 0 unspecified atom stereocenters. The van der Waals surface area contributed by atoms with Gasteiger partial charge in [-0.05, 0) is 104 Å². The monoisotopic (exact) mass is 495 g/mol. The summed E-state index contributed by atoms with van der Waals surface area (Å²) in [5.41, 5.74) is 3.49. The van der Waals surface area contributed by atoms with Crippen molar-refractivity contribution >= 4 is 12.0 Å². The molecule has 1 saturated heterocycles. The Morgan fingerprint density at radius 1 is 1.14 bits per heavy atom. The van der Waals surface area contributed by atoms with E-state index in [1.807, 2.05) is 0 Å². The molecule has 1 N–H and O–H groups in total. The van der Waals surface area contributed by atoms with E-state index in [0.717, 1.165) is 51.4 Å². The molecule has 4 fully saturated rings. The minimum atomic E-state index is -0.156. The Labute approximate surface area is 216 Å². The predicted octanol–water partition coefficient (Wildman–Crippen LogP) is 4.76. The summed E-state index contributed by atoms with van der Waals surface area (Å²) in [5, 5.41) is 3.42. The summed E-state index contributed by atoms with van der Waals surface area (Å²) in [6.07, 6.45) is 15.1. The molecule has 6 rings (SSSR count). The molecule has 0 bridgehead atoms. The van der Waals surface area contributed by atoms with Crippen LogP contribution >= 0.6 is 0 Å². The minimum Gasteiger partial charge on any atom is -0.458 e. The van der Waals surface area contributed by atoms with Crippen LogP contribution in [0.5, 0.6) is 0 Å². The Bertz CT molecular complexity index is 966. The van der Waals surface area contributed by atoms with Crippen LogP contribution in [0, 0.1) is 34.5 Å². The molecule has 0 aromatic rings. The van der Waals surface area contributed by atoms with Crippen molar-refractivity contribution in [1.82, 2.24) is 15.1 Å². The topological polar surface area (TPSA) is 61.9 Å². The van der Waals surface area contributed by atoms with Gasteiger partial charge in [-0.15, -0.1) is 0 Å². The normalized spacial score (nSPS) is 42.4. The molecule has 36 heavy (non-hydrogen) atoms. The summed E-state index contributed by atoms with van der Waals surface area (Å²) in [6.45, 7) is 9.18. The Morgan fingerprint density at radius 3 is 2.81 bits per heavy atom. The number of hydrogen-bond acceptors (Lipinski definition) is 4. The van der Waals surface area contributed by atoms with E-state index < -0.39 is 0 Å². The van der Waals surface area contributed by atoms with Gasteiger partial charge in [-0.2, -0.15) is 0 Å². The van der Waals surface area contributed by atoms with Gasteiger partial charge in [0.1, 0.15) is 6.61 Å². The molecule has 4 aliphatic carbocycles. The van der Waals surface area contributed by atoms with Crippen LogP contribution in [0.3, 0.4) is 0 Å². The molecular weight excluding hydrogens is 450 g/mol. The molecule has 198 valence electrons. The van der Waals surface area contributed by atoms with Gasteiger partial charge in [-0.1, -0.05) is 25.5 Å². The molecule has 6 heteroatoms.